The minimum atomic E-state index is -0.0832. The second-order valence-corrected chi connectivity index (χ2v) is 3.79. The number of aromatic nitrogens is 3. The zero-order chi connectivity index (χ0) is 11.7. The van der Waals surface area contributed by atoms with E-state index in [1.54, 1.807) is 4.68 Å². The largest absolute Gasteiger partial charge is 0.291 e. The molecule has 0 aliphatic heterocycles. The molecule has 4 nitrogen and oxygen atoms in total. The fourth-order valence-electron chi connectivity index (χ4n) is 1.78. The van der Waals surface area contributed by atoms with Crippen molar-refractivity contribution in [3.05, 3.63) is 41.5 Å². The van der Waals surface area contributed by atoms with E-state index in [1.165, 1.54) is 13.3 Å². The predicted octanol–water partition coefficient (Wildman–Crippen LogP) is 2.09. The first kappa shape index (κ1) is 10.5. The molecule has 0 radical (unpaired) electrons. The molecule has 2 aromatic rings. The van der Waals surface area contributed by atoms with Gasteiger partial charge in [-0.2, -0.15) is 5.10 Å². The number of nitrogens with zero attached hydrogens (tertiary/aromatic N) is 3. The first-order valence-electron chi connectivity index (χ1n) is 5.09. The topological polar surface area (TPSA) is 47.8 Å². The van der Waals surface area contributed by atoms with Gasteiger partial charge in [-0.3, -0.25) is 4.79 Å². The molecule has 1 aromatic carbocycles. The van der Waals surface area contributed by atoms with E-state index < -0.39 is 0 Å². The number of carbonyl (C=O) groups is 1. The highest BCUT2D eigenvalue weighted by molar-refractivity contribution is 5.91. The summed E-state index contributed by atoms with van der Waals surface area (Å²) >= 11 is 0. The third-order valence-corrected chi connectivity index (χ3v) is 2.51. The van der Waals surface area contributed by atoms with Gasteiger partial charge in [-0.1, -0.05) is 18.2 Å². The zero-order valence-corrected chi connectivity index (χ0v) is 9.56. The first-order chi connectivity index (χ1) is 7.61. The number of Topliss-reactive ketones (excluding diaryl/α,β-unsaturated/α-hetero) is 1. The minimum Gasteiger partial charge on any atom is -0.291 e. The minimum absolute atomic E-state index is 0.0832. The highest BCUT2D eigenvalue weighted by Gasteiger charge is 2.13. The monoisotopic (exact) mass is 215 g/mol. The number of ketones is 1. The number of benzene rings is 1. The first-order valence-corrected chi connectivity index (χ1v) is 5.09. The Bertz CT molecular complexity index is 523. The van der Waals surface area contributed by atoms with Crippen molar-refractivity contribution in [1.29, 1.82) is 0 Å². The summed E-state index contributed by atoms with van der Waals surface area (Å²) in [6.45, 7) is 5.48. The quantitative estimate of drug-likeness (QED) is 0.721. The molecule has 0 aliphatic carbocycles. The second kappa shape index (κ2) is 3.89. The molecule has 16 heavy (non-hydrogen) atoms. The molecule has 0 saturated heterocycles. The molecule has 82 valence electrons. The fraction of sp³-hybridized carbons (Fsp3) is 0.250. The van der Waals surface area contributed by atoms with Crippen molar-refractivity contribution >= 4 is 5.78 Å². The molecule has 0 fully saturated rings. The summed E-state index contributed by atoms with van der Waals surface area (Å²) in [4.78, 5) is 15.4. The lowest BCUT2D eigenvalue weighted by molar-refractivity contribution is 0.100. The molecule has 0 amide bonds. The van der Waals surface area contributed by atoms with Gasteiger partial charge in [0.1, 0.15) is 6.33 Å². The maximum absolute atomic E-state index is 11.4. The molecule has 0 N–H and O–H groups in total. The molecule has 0 spiro atoms. The number of aryl methyl sites for hydroxylation is 2. The van der Waals surface area contributed by atoms with Gasteiger partial charge in [0.15, 0.2) is 11.6 Å². The maximum atomic E-state index is 11.4. The normalized spacial score (nSPS) is 10.4. The molecule has 0 bridgehead atoms. The van der Waals surface area contributed by atoms with Crippen LogP contribution >= 0.6 is 0 Å². The Morgan fingerprint density at radius 2 is 1.88 bits per heavy atom. The van der Waals surface area contributed by atoms with Crippen LogP contribution in [0.25, 0.3) is 5.69 Å². The number of hydrogen-bond acceptors (Lipinski definition) is 3. The number of carbonyl (C=O) groups excluding carboxylic acids is 1. The molecule has 0 unspecified atom stereocenters. The average molecular weight is 215 g/mol. The van der Waals surface area contributed by atoms with Crippen LogP contribution in [0.5, 0.6) is 0 Å². The Kier molecular flexibility index (Phi) is 2.56. The summed E-state index contributed by atoms with van der Waals surface area (Å²) < 4.78 is 1.60. The van der Waals surface area contributed by atoms with Crippen LogP contribution in [0, 0.1) is 13.8 Å². The van der Waals surface area contributed by atoms with E-state index in [-0.39, 0.29) is 5.78 Å². The van der Waals surface area contributed by atoms with Crippen molar-refractivity contribution in [3.63, 3.8) is 0 Å². The van der Waals surface area contributed by atoms with Gasteiger partial charge < -0.3 is 0 Å². The molecule has 0 atom stereocenters. The lowest BCUT2D eigenvalue weighted by atomic mass is 10.1. The van der Waals surface area contributed by atoms with Gasteiger partial charge >= 0.3 is 0 Å². The molecule has 1 aromatic heterocycles. The lowest BCUT2D eigenvalue weighted by Crippen LogP contribution is -2.10. The lowest BCUT2D eigenvalue weighted by Gasteiger charge is -2.10. The zero-order valence-electron chi connectivity index (χ0n) is 9.56. The highest BCUT2D eigenvalue weighted by atomic mass is 16.1. The van der Waals surface area contributed by atoms with Crippen LogP contribution in [0.2, 0.25) is 0 Å². The van der Waals surface area contributed by atoms with Gasteiger partial charge in [-0.25, -0.2) is 9.67 Å². The van der Waals surface area contributed by atoms with Gasteiger partial charge in [0.25, 0.3) is 0 Å². The number of para-hydroxylation sites is 1. The van der Waals surface area contributed by atoms with Crippen LogP contribution in [-0.2, 0) is 0 Å². The Morgan fingerprint density at radius 3 is 2.44 bits per heavy atom. The molecule has 0 saturated carbocycles. The molecule has 4 heteroatoms. The Labute approximate surface area is 93.9 Å². The van der Waals surface area contributed by atoms with Crippen LogP contribution in [0.1, 0.15) is 28.7 Å². The van der Waals surface area contributed by atoms with Crippen LogP contribution < -0.4 is 0 Å². The van der Waals surface area contributed by atoms with Crippen molar-refractivity contribution in [1.82, 2.24) is 14.8 Å². The van der Waals surface area contributed by atoms with Crippen molar-refractivity contribution < 1.29 is 4.79 Å². The predicted molar refractivity (Wildman–Crippen MR) is 60.8 cm³/mol. The van der Waals surface area contributed by atoms with E-state index in [2.05, 4.69) is 10.1 Å². The molecular weight excluding hydrogens is 202 g/mol. The number of hydrogen-bond donors (Lipinski definition) is 0. The van der Waals surface area contributed by atoms with Crippen LogP contribution in [-0.4, -0.2) is 20.5 Å². The van der Waals surface area contributed by atoms with Gasteiger partial charge in [0.05, 0.1) is 5.69 Å². The third-order valence-electron chi connectivity index (χ3n) is 2.51. The van der Waals surface area contributed by atoms with Gasteiger partial charge in [0.2, 0.25) is 0 Å². The summed E-state index contributed by atoms with van der Waals surface area (Å²) in [5.74, 6) is 0.289. The summed E-state index contributed by atoms with van der Waals surface area (Å²) in [7, 11) is 0. The smallest absolute Gasteiger partial charge is 0.199 e. The van der Waals surface area contributed by atoms with Gasteiger partial charge in [-0.05, 0) is 25.0 Å². The molecule has 2 rings (SSSR count). The van der Waals surface area contributed by atoms with Crippen LogP contribution in [0.4, 0.5) is 0 Å². The van der Waals surface area contributed by atoms with Gasteiger partial charge in [0, 0.05) is 6.92 Å². The summed E-state index contributed by atoms with van der Waals surface area (Å²) in [6.07, 6.45) is 1.41. The van der Waals surface area contributed by atoms with E-state index >= 15 is 0 Å². The van der Waals surface area contributed by atoms with E-state index in [0.29, 0.717) is 5.82 Å². The Balaban J connectivity index is 2.68. The van der Waals surface area contributed by atoms with E-state index in [1.807, 2.05) is 32.0 Å². The molecular formula is C12H13N3O. The standard InChI is InChI=1S/C12H13N3O/c1-8-5-4-6-9(2)11(8)15-12(10(3)16)13-7-14-15/h4-7H,1-3H3. The van der Waals surface area contributed by atoms with Gasteiger partial charge in [-0.15, -0.1) is 0 Å². The summed E-state index contributed by atoms with van der Waals surface area (Å²) in [5, 5.41) is 4.11. The average Bonchev–Trinajstić information content (AvgIpc) is 2.66. The van der Waals surface area contributed by atoms with Crippen molar-refractivity contribution in [3.8, 4) is 5.69 Å². The molecule has 1 heterocycles. The Hall–Kier alpha value is -1.97. The number of rotatable bonds is 2. The van der Waals surface area contributed by atoms with Crippen LogP contribution in [0.15, 0.2) is 24.5 Å². The third kappa shape index (κ3) is 1.62. The summed E-state index contributed by atoms with van der Waals surface area (Å²) in [5.41, 5.74) is 3.09. The van der Waals surface area contributed by atoms with Crippen LogP contribution in [0.3, 0.4) is 0 Å². The maximum Gasteiger partial charge on any atom is 0.199 e. The van der Waals surface area contributed by atoms with Crippen molar-refractivity contribution in [2.75, 3.05) is 0 Å². The van der Waals surface area contributed by atoms with E-state index in [4.69, 9.17) is 0 Å². The van der Waals surface area contributed by atoms with Crippen molar-refractivity contribution in [2.45, 2.75) is 20.8 Å². The van der Waals surface area contributed by atoms with E-state index in [0.717, 1.165) is 16.8 Å². The molecule has 0 aliphatic rings. The van der Waals surface area contributed by atoms with Crippen molar-refractivity contribution in [2.24, 2.45) is 0 Å². The second-order valence-electron chi connectivity index (χ2n) is 3.79. The SMILES string of the molecule is CC(=O)c1ncnn1-c1c(C)cccc1C. The summed E-state index contributed by atoms with van der Waals surface area (Å²) in [6, 6.07) is 5.97. The highest BCUT2D eigenvalue weighted by Crippen LogP contribution is 2.18. The Morgan fingerprint density at radius 1 is 1.25 bits per heavy atom. The van der Waals surface area contributed by atoms with E-state index in [9.17, 15) is 4.79 Å². The fourth-order valence-corrected chi connectivity index (χ4v) is 1.78.